The molecule has 0 amide bonds. The molecule has 6 heteroatoms. The number of hydrogen-bond acceptors (Lipinski definition) is 3. The molecule has 0 aliphatic rings. The van der Waals surface area contributed by atoms with Crippen molar-refractivity contribution in [2.75, 3.05) is 19.0 Å². The van der Waals surface area contributed by atoms with Gasteiger partial charge in [-0.15, -0.1) is 0 Å². The van der Waals surface area contributed by atoms with Crippen LogP contribution >= 0.6 is 0 Å². The van der Waals surface area contributed by atoms with E-state index in [0.29, 0.717) is 0 Å². The van der Waals surface area contributed by atoms with Gasteiger partial charge in [-0.1, -0.05) is 0 Å². The molecule has 1 heterocycles. The van der Waals surface area contributed by atoms with Gasteiger partial charge in [0.15, 0.2) is 0 Å². The first-order chi connectivity index (χ1) is 6.86. The van der Waals surface area contributed by atoms with E-state index in [9.17, 15) is 13.2 Å². The molecule has 0 saturated carbocycles. The molecular formula is C9H8F3N3. The number of hydrogen-bond donors (Lipinski definition) is 0. The van der Waals surface area contributed by atoms with Crippen molar-refractivity contribution in [3.05, 3.63) is 23.4 Å². The first-order valence-corrected chi connectivity index (χ1v) is 4.02. The van der Waals surface area contributed by atoms with Gasteiger partial charge in [0, 0.05) is 14.1 Å². The number of nitrogens with zero attached hydrogens (tertiary/aromatic N) is 3. The lowest BCUT2D eigenvalue weighted by molar-refractivity contribution is -0.141. The molecule has 0 atom stereocenters. The van der Waals surface area contributed by atoms with Gasteiger partial charge in [0.05, 0.1) is 5.56 Å². The quantitative estimate of drug-likeness (QED) is 0.719. The van der Waals surface area contributed by atoms with Gasteiger partial charge in [-0.2, -0.15) is 18.4 Å². The molecule has 0 aliphatic carbocycles. The average molecular weight is 215 g/mol. The highest BCUT2D eigenvalue weighted by atomic mass is 19.4. The van der Waals surface area contributed by atoms with Gasteiger partial charge in [-0.3, -0.25) is 0 Å². The van der Waals surface area contributed by atoms with E-state index in [-0.39, 0.29) is 11.4 Å². The summed E-state index contributed by atoms with van der Waals surface area (Å²) in [7, 11) is 3.06. The first kappa shape index (κ1) is 11.3. The first-order valence-electron chi connectivity index (χ1n) is 4.02. The summed E-state index contributed by atoms with van der Waals surface area (Å²) in [5.41, 5.74) is -0.877. The monoisotopic (exact) mass is 215 g/mol. The normalized spacial score (nSPS) is 10.9. The molecule has 1 rings (SSSR count). The van der Waals surface area contributed by atoms with E-state index >= 15 is 0 Å². The minimum Gasteiger partial charge on any atom is -0.362 e. The molecule has 0 bridgehead atoms. The Morgan fingerprint density at radius 3 is 2.33 bits per heavy atom. The van der Waals surface area contributed by atoms with E-state index in [0.717, 1.165) is 12.1 Å². The van der Waals surface area contributed by atoms with Crippen molar-refractivity contribution in [3.8, 4) is 6.07 Å². The fourth-order valence-electron chi connectivity index (χ4n) is 1.03. The van der Waals surface area contributed by atoms with Gasteiger partial charge in [0.25, 0.3) is 0 Å². The Labute approximate surface area is 84.8 Å². The lowest BCUT2D eigenvalue weighted by Gasteiger charge is -2.15. The van der Waals surface area contributed by atoms with Gasteiger partial charge < -0.3 is 4.90 Å². The maximum absolute atomic E-state index is 12.3. The second-order valence-corrected chi connectivity index (χ2v) is 3.07. The van der Waals surface area contributed by atoms with E-state index in [1.807, 2.05) is 0 Å². The highest BCUT2D eigenvalue weighted by Crippen LogP contribution is 2.29. The topological polar surface area (TPSA) is 39.9 Å². The Hall–Kier alpha value is -1.77. The lowest BCUT2D eigenvalue weighted by atomic mass is 10.2. The summed E-state index contributed by atoms with van der Waals surface area (Å²) in [6, 6.07) is 3.70. The molecule has 0 aromatic carbocycles. The molecule has 0 fully saturated rings. The van der Waals surface area contributed by atoms with Crippen molar-refractivity contribution in [3.63, 3.8) is 0 Å². The summed E-state index contributed by atoms with van der Waals surface area (Å²) >= 11 is 0. The molecule has 0 radical (unpaired) electrons. The van der Waals surface area contributed by atoms with Crippen LogP contribution in [0.3, 0.4) is 0 Å². The number of nitriles is 1. The molecule has 0 spiro atoms. The third kappa shape index (κ3) is 2.37. The van der Waals surface area contributed by atoms with Gasteiger partial charge in [0.1, 0.15) is 17.6 Å². The van der Waals surface area contributed by atoms with Crippen LogP contribution in [0.1, 0.15) is 11.3 Å². The summed E-state index contributed by atoms with van der Waals surface area (Å²) in [4.78, 5) is 4.76. The number of alkyl halides is 3. The van der Waals surface area contributed by atoms with Crippen LogP contribution in [0.4, 0.5) is 19.0 Å². The zero-order chi connectivity index (χ0) is 11.6. The van der Waals surface area contributed by atoms with Crippen LogP contribution in [-0.4, -0.2) is 19.1 Å². The van der Waals surface area contributed by atoms with Crippen LogP contribution in [0.5, 0.6) is 0 Å². The Morgan fingerprint density at radius 2 is 1.93 bits per heavy atom. The molecule has 15 heavy (non-hydrogen) atoms. The molecule has 0 saturated heterocycles. The van der Waals surface area contributed by atoms with E-state index in [4.69, 9.17) is 5.26 Å². The molecule has 1 aromatic heterocycles. The van der Waals surface area contributed by atoms with Crippen LogP contribution in [0.2, 0.25) is 0 Å². The highest BCUT2D eigenvalue weighted by Gasteiger charge is 2.33. The molecule has 3 nitrogen and oxygen atoms in total. The number of anilines is 1. The predicted octanol–water partition coefficient (Wildman–Crippen LogP) is 2.04. The van der Waals surface area contributed by atoms with Gasteiger partial charge in [-0.05, 0) is 12.1 Å². The average Bonchev–Trinajstić information content (AvgIpc) is 2.15. The fraction of sp³-hybridized carbons (Fsp3) is 0.333. The smallest absolute Gasteiger partial charge is 0.362 e. The van der Waals surface area contributed by atoms with Crippen molar-refractivity contribution in [1.29, 1.82) is 5.26 Å². The van der Waals surface area contributed by atoms with Crippen molar-refractivity contribution in [2.45, 2.75) is 6.18 Å². The maximum atomic E-state index is 12.3. The Balaban J connectivity index is 3.30. The van der Waals surface area contributed by atoms with E-state index < -0.39 is 11.9 Å². The van der Waals surface area contributed by atoms with Gasteiger partial charge >= 0.3 is 6.18 Å². The molecule has 80 valence electrons. The number of pyridine rings is 1. The number of rotatable bonds is 1. The lowest BCUT2D eigenvalue weighted by Crippen LogP contribution is -2.16. The van der Waals surface area contributed by atoms with Crippen LogP contribution in [0, 0.1) is 11.3 Å². The van der Waals surface area contributed by atoms with E-state index in [1.54, 1.807) is 6.07 Å². The van der Waals surface area contributed by atoms with E-state index in [1.165, 1.54) is 19.0 Å². The fourth-order valence-corrected chi connectivity index (χ4v) is 1.03. The summed E-state index contributed by atoms with van der Waals surface area (Å²) in [5, 5.41) is 8.66. The van der Waals surface area contributed by atoms with Crippen LogP contribution in [0.15, 0.2) is 12.1 Å². The zero-order valence-electron chi connectivity index (χ0n) is 8.13. The molecule has 0 N–H and O–H groups in total. The van der Waals surface area contributed by atoms with Crippen LogP contribution in [-0.2, 0) is 6.18 Å². The van der Waals surface area contributed by atoms with Gasteiger partial charge in [-0.25, -0.2) is 4.98 Å². The predicted molar refractivity (Wildman–Crippen MR) is 48.3 cm³/mol. The third-order valence-corrected chi connectivity index (χ3v) is 1.71. The largest absolute Gasteiger partial charge is 0.433 e. The summed E-state index contributed by atoms with van der Waals surface area (Å²) in [6.45, 7) is 0. The standard InChI is InChI=1S/C9H8F3N3/c1-15(2)8-6(5-13)3-4-7(14-8)9(10,11)12/h3-4H,1-2H3. The van der Waals surface area contributed by atoms with Gasteiger partial charge in [0.2, 0.25) is 0 Å². The summed E-state index contributed by atoms with van der Waals surface area (Å²) in [6.07, 6.45) is -4.49. The van der Waals surface area contributed by atoms with Crippen molar-refractivity contribution >= 4 is 5.82 Å². The Morgan fingerprint density at radius 1 is 1.33 bits per heavy atom. The maximum Gasteiger partial charge on any atom is 0.433 e. The molecule has 1 aromatic rings. The third-order valence-electron chi connectivity index (χ3n) is 1.71. The SMILES string of the molecule is CN(C)c1nc(C(F)(F)F)ccc1C#N. The van der Waals surface area contributed by atoms with Crippen LogP contribution in [0.25, 0.3) is 0 Å². The van der Waals surface area contributed by atoms with Crippen molar-refractivity contribution in [1.82, 2.24) is 4.98 Å². The minimum atomic E-state index is -4.49. The summed E-state index contributed by atoms with van der Waals surface area (Å²) in [5.74, 6) is 0.0207. The van der Waals surface area contributed by atoms with Crippen molar-refractivity contribution < 1.29 is 13.2 Å². The zero-order valence-corrected chi connectivity index (χ0v) is 8.13. The molecule has 0 unspecified atom stereocenters. The molecule has 0 aliphatic heterocycles. The van der Waals surface area contributed by atoms with E-state index in [2.05, 4.69) is 4.98 Å². The highest BCUT2D eigenvalue weighted by molar-refractivity contribution is 5.53. The Kier molecular flexibility index (Phi) is 2.84. The second-order valence-electron chi connectivity index (χ2n) is 3.07. The second kappa shape index (κ2) is 3.77. The Bertz CT molecular complexity index is 404. The molecular weight excluding hydrogens is 207 g/mol. The number of halogens is 3. The van der Waals surface area contributed by atoms with Crippen molar-refractivity contribution in [2.24, 2.45) is 0 Å². The summed E-state index contributed by atoms with van der Waals surface area (Å²) < 4.78 is 36.9. The minimum absolute atomic E-state index is 0.0207. The van der Waals surface area contributed by atoms with Crippen LogP contribution < -0.4 is 4.90 Å². The number of aromatic nitrogens is 1.